The summed E-state index contributed by atoms with van der Waals surface area (Å²) in [5.41, 5.74) is 1.97. The van der Waals surface area contributed by atoms with E-state index in [0.717, 1.165) is 18.4 Å². The summed E-state index contributed by atoms with van der Waals surface area (Å²) in [6.45, 7) is 7.55. The minimum absolute atomic E-state index is 0.0684. The maximum Gasteiger partial charge on any atom is 0.336 e. The number of phenolic OH excluding ortho intramolecular Hbond substituents is 1. The van der Waals surface area contributed by atoms with E-state index in [4.69, 9.17) is 9.15 Å². The van der Waals surface area contributed by atoms with Crippen molar-refractivity contribution < 1.29 is 19.1 Å². The van der Waals surface area contributed by atoms with E-state index in [0.29, 0.717) is 5.76 Å². The van der Waals surface area contributed by atoms with Crippen molar-refractivity contribution in [2.24, 2.45) is 0 Å². The lowest BCUT2D eigenvalue weighted by Crippen LogP contribution is -2.06. The summed E-state index contributed by atoms with van der Waals surface area (Å²) in [5, 5.41) is 10.1. The summed E-state index contributed by atoms with van der Waals surface area (Å²) < 4.78 is 10.7. The predicted molar refractivity (Wildman–Crippen MR) is 96.9 cm³/mol. The second-order valence-corrected chi connectivity index (χ2v) is 6.27. The van der Waals surface area contributed by atoms with Crippen molar-refractivity contribution in [3.63, 3.8) is 0 Å². The molecule has 0 unspecified atom stereocenters. The molecule has 5 heteroatoms. The Hall–Kier alpha value is -2.82. The van der Waals surface area contributed by atoms with Crippen LogP contribution >= 0.6 is 0 Å². The Labute approximate surface area is 146 Å². The van der Waals surface area contributed by atoms with Gasteiger partial charge in [0, 0.05) is 24.3 Å². The van der Waals surface area contributed by atoms with Crippen LogP contribution in [0.15, 0.2) is 50.7 Å². The monoisotopic (exact) mass is 342 g/mol. The van der Waals surface area contributed by atoms with E-state index < -0.39 is 5.97 Å². The SMILES string of the molecule is CC(C)=CCCC(C)=CC(=O)Oc1cc(O)c2c(=O)cc(C)oc2c1. The summed E-state index contributed by atoms with van der Waals surface area (Å²) in [7, 11) is 0. The van der Waals surface area contributed by atoms with E-state index in [2.05, 4.69) is 6.08 Å². The number of esters is 1. The van der Waals surface area contributed by atoms with E-state index in [-0.39, 0.29) is 27.9 Å². The standard InChI is InChI=1S/C20H22O5/c1-12(2)6-5-7-13(3)8-19(23)25-15-10-17(22)20-16(21)9-14(4)24-18(20)11-15/h6,8-11,22H,5,7H2,1-4H3. The van der Waals surface area contributed by atoms with Crippen LogP contribution in [0.5, 0.6) is 11.5 Å². The smallest absolute Gasteiger partial charge is 0.336 e. The third kappa shape index (κ3) is 5.08. The van der Waals surface area contributed by atoms with E-state index in [9.17, 15) is 14.7 Å². The highest BCUT2D eigenvalue weighted by molar-refractivity contribution is 5.88. The highest BCUT2D eigenvalue weighted by Gasteiger charge is 2.12. The number of carbonyl (C=O) groups is 1. The van der Waals surface area contributed by atoms with Crippen molar-refractivity contribution in [1.29, 1.82) is 0 Å². The molecule has 25 heavy (non-hydrogen) atoms. The van der Waals surface area contributed by atoms with Gasteiger partial charge >= 0.3 is 5.97 Å². The minimum Gasteiger partial charge on any atom is -0.507 e. The van der Waals surface area contributed by atoms with Crippen molar-refractivity contribution >= 4 is 16.9 Å². The van der Waals surface area contributed by atoms with Gasteiger partial charge in [0.1, 0.15) is 28.2 Å². The number of ether oxygens (including phenoxy) is 1. The van der Waals surface area contributed by atoms with E-state index >= 15 is 0 Å². The first kappa shape index (κ1) is 18.5. The molecule has 2 rings (SSSR count). The number of phenols is 1. The van der Waals surface area contributed by atoms with Crippen LogP contribution in [0, 0.1) is 6.92 Å². The lowest BCUT2D eigenvalue weighted by molar-refractivity contribution is -0.129. The number of rotatable bonds is 5. The molecular formula is C20H22O5. The van der Waals surface area contributed by atoms with Crippen LogP contribution < -0.4 is 10.2 Å². The number of hydrogen-bond acceptors (Lipinski definition) is 5. The second kappa shape index (κ2) is 7.83. The van der Waals surface area contributed by atoms with Crippen LogP contribution in [0.25, 0.3) is 11.0 Å². The summed E-state index contributed by atoms with van der Waals surface area (Å²) >= 11 is 0. The number of benzene rings is 1. The van der Waals surface area contributed by atoms with Gasteiger partial charge in [-0.2, -0.15) is 0 Å². The summed E-state index contributed by atoms with van der Waals surface area (Å²) in [5.74, 6) is -0.283. The average molecular weight is 342 g/mol. The number of allylic oxidation sites excluding steroid dienone is 3. The molecule has 1 N–H and O–H groups in total. The van der Waals surface area contributed by atoms with Crippen molar-refractivity contribution in [3.8, 4) is 11.5 Å². The summed E-state index contributed by atoms with van der Waals surface area (Å²) in [6, 6.07) is 3.96. The Kier molecular flexibility index (Phi) is 5.80. The van der Waals surface area contributed by atoms with Gasteiger partial charge in [-0.1, -0.05) is 17.2 Å². The number of aryl methyl sites for hydroxylation is 1. The second-order valence-electron chi connectivity index (χ2n) is 6.27. The van der Waals surface area contributed by atoms with E-state index in [1.165, 1.54) is 29.8 Å². The lowest BCUT2D eigenvalue weighted by atomic mass is 10.1. The molecule has 132 valence electrons. The van der Waals surface area contributed by atoms with Crippen LogP contribution in [0.3, 0.4) is 0 Å². The van der Waals surface area contributed by atoms with Gasteiger partial charge in [-0.3, -0.25) is 4.79 Å². The Morgan fingerprint density at radius 3 is 2.64 bits per heavy atom. The minimum atomic E-state index is -0.538. The van der Waals surface area contributed by atoms with Crippen LogP contribution in [-0.2, 0) is 4.79 Å². The third-order valence-electron chi connectivity index (χ3n) is 3.58. The topological polar surface area (TPSA) is 76.7 Å². The summed E-state index contributed by atoms with van der Waals surface area (Å²) in [6.07, 6.45) is 5.15. The molecule has 0 saturated carbocycles. The van der Waals surface area contributed by atoms with Gasteiger partial charge in [0.25, 0.3) is 0 Å². The highest BCUT2D eigenvalue weighted by atomic mass is 16.5. The average Bonchev–Trinajstić information content (AvgIpc) is 2.44. The van der Waals surface area contributed by atoms with Gasteiger partial charge in [-0.15, -0.1) is 0 Å². The zero-order valence-electron chi connectivity index (χ0n) is 14.9. The molecule has 0 radical (unpaired) electrons. The third-order valence-corrected chi connectivity index (χ3v) is 3.58. The lowest BCUT2D eigenvalue weighted by Gasteiger charge is -2.06. The molecule has 1 aromatic carbocycles. The maximum absolute atomic E-state index is 12.0. The molecule has 5 nitrogen and oxygen atoms in total. The molecule has 1 aromatic heterocycles. The van der Waals surface area contributed by atoms with Crippen LogP contribution in [0.2, 0.25) is 0 Å². The molecule has 0 atom stereocenters. The number of hydrogen-bond donors (Lipinski definition) is 1. The molecular weight excluding hydrogens is 320 g/mol. The molecule has 0 amide bonds. The largest absolute Gasteiger partial charge is 0.507 e. The van der Waals surface area contributed by atoms with Crippen LogP contribution in [-0.4, -0.2) is 11.1 Å². The molecule has 2 aromatic rings. The van der Waals surface area contributed by atoms with Gasteiger partial charge in [-0.05, 0) is 40.5 Å². The van der Waals surface area contributed by atoms with Gasteiger partial charge in [-0.25, -0.2) is 4.79 Å². The fourth-order valence-electron chi connectivity index (χ4n) is 2.43. The molecule has 0 aliphatic heterocycles. The Bertz CT molecular complexity index is 912. The first-order valence-electron chi connectivity index (χ1n) is 8.06. The molecule has 0 spiro atoms. The van der Waals surface area contributed by atoms with E-state index in [1.54, 1.807) is 6.92 Å². The molecule has 0 aliphatic carbocycles. The molecule has 0 bridgehead atoms. The molecule has 0 aliphatic rings. The van der Waals surface area contributed by atoms with E-state index in [1.807, 2.05) is 20.8 Å². The zero-order chi connectivity index (χ0) is 18.6. The fraction of sp³-hybridized carbons (Fsp3) is 0.300. The predicted octanol–water partition coefficient (Wildman–Crippen LogP) is 4.41. The maximum atomic E-state index is 12.0. The van der Waals surface area contributed by atoms with Gasteiger partial charge in [0.15, 0.2) is 5.43 Å². The number of carbonyl (C=O) groups excluding carboxylic acids is 1. The first-order chi connectivity index (χ1) is 11.8. The number of fused-ring (bicyclic) bond motifs is 1. The van der Waals surface area contributed by atoms with Crippen LogP contribution in [0.1, 0.15) is 39.4 Å². The zero-order valence-corrected chi connectivity index (χ0v) is 14.9. The van der Waals surface area contributed by atoms with Crippen molar-refractivity contribution in [3.05, 3.63) is 57.5 Å². The van der Waals surface area contributed by atoms with Crippen molar-refractivity contribution in [1.82, 2.24) is 0 Å². The normalized spacial score (nSPS) is 11.4. The van der Waals surface area contributed by atoms with Crippen molar-refractivity contribution in [2.45, 2.75) is 40.5 Å². The first-order valence-corrected chi connectivity index (χ1v) is 8.06. The fourth-order valence-corrected chi connectivity index (χ4v) is 2.43. The number of aromatic hydroxyl groups is 1. The molecule has 0 saturated heterocycles. The van der Waals surface area contributed by atoms with Crippen molar-refractivity contribution in [2.75, 3.05) is 0 Å². The van der Waals surface area contributed by atoms with Gasteiger partial charge in [0.2, 0.25) is 0 Å². The molecule has 1 heterocycles. The van der Waals surface area contributed by atoms with Gasteiger partial charge < -0.3 is 14.3 Å². The Morgan fingerprint density at radius 1 is 1.24 bits per heavy atom. The Morgan fingerprint density at radius 2 is 1.96 bits per heavy atom. The highest BCUT2D eigenvalue weighted by Crippen LogP contribution is 2.28. The van der Waals surface area contributed by atoms with Gasteiger partial charge in [0.05, 0.1) is 0 Å². The Balaban J connectivity index is 2.18. The summed E-state index contributed by atoms with van der Waals surface area (Å²) in [4.78, 5) is 23.9. The molecule has 0 fully saturated rings. The quantitative estimate of drug-likeness (QED) is 0.377. The van der Waals surface area contributed by atoms with Crippen LogP contribution in [0.4, 0.5) is 0 Å².